The van der Waals surface area contributed by atoms with Crippen LogP contribution in [0, 0.1) is 0 Å². The van der Waals surface area contributed by atoms with Crippen LogP contribution in [-0.4, -0.2) is 74.0 Å². The molecule has 0 N–H and O–H groups in total. The fraction of sp³-hybridized carbons (Fsp3) is 0.611. The lowest BCUT2D eigenvalue weighted by Gasteiger charge is -2.40. The van der Waals surface area contributed by atoms with Crippen LogP contribution in [0.25, 0.3) is 0 Å². The zero-order chi connectivity index (χ0) is 17.9. The van der Waals surface area contributed by atoms with E-state index in [1.807, 2.05) is 35.2 Å². The molecule has 138 valence electrons. The Morgan fingerprint density at radius 2 is 1.52 bits per heavy atom. The van der Waals surface area contributed by atoms with E-state index in [2.05, 4.69) is 4.90 Å². The molecule has 1 aromatic rings. The van der Waals surface area contributed by atoms with Gasteiger partial charge in [0.15, 0.2) is 0 Å². The molecule has 0 bridgehead atoms. The van der Waals surface area contributed by atoms with Gasteiger partial charge in [-0.15, -0.1) is 0 Å². The molecular formula is C18H27N3O3S. The lowest BCUT2D eigenvalue weighted by atomic mass is 10.0. The normalized spacial score (nSPS) is 21.9. The molecule has 0 radical (unpaired) electrons. The summed E-state index contributed by atoms with van der Waals surface area (Å²) in [6, 6.07) is 9.54. The molecule has 0 saturated carbocycles. The fourth-order valence-corrected chi connectivity index (χ4v) is 4.55. The standard InChI is InChI=1S/C18H27N3O3S/c1-25(23,24)21-14-12-19(13-15-21)17(16-8-4-2-5-9-16)18(22)20-10-6-3-7-11-20/h2,4-5,8-9,17H,3,6-7,10-15H2,1H3. The molecule has 2 saturated heterocycles. The van der Waals surface area contributed by atoms with Crippen molar-refractivity contribution in [3.63, 3.8) is 0 Å². The Bertz CT molecular complexity index is 679. The fourth-order valence-electron chi connectivity index (χ4n) is 3.73. The highest BCUT2D eigenvalue weighted by molar-refractivity contribution is 7.88. The number of hydrogen-bond acceptors (Lipinski definition) is 4. The summed E-state index contributed by atoms with van der Waals surface area (Å²) >= 11 is 0. The number of carbonyl (C=O) groups excluding carboxylic acids is 1. The summed E-state index contributed by atoms with van der Waals surface area (Å²) < 4.78 is 25.0. The maximum absolute atomic E-state index is 13.2. The van der Waals surface area contributed by atoms with Crippen LogP contribution in [0.15, 0.2) is 30.3 Å². The number of piperazine rings is 1. The van der Waals surface area contributed by atoms with Crippen LogP contribution in [0.4, 0.5) is 0 Å². The van der Waals surface area contributed by atoms with Crippen LogP contribution >= 0.6 is 0 Å². The highest BCUT2D eigenvalue weighted by Gasteiger charge is 2.35. The molecule has 0 spiro atoms. The van der Waals surface area contributed by atoms with Crippen LogP contribution in [0.2, 0.25) is 0 Å². The van der Waals surface area contributed by atoms with Gasteiger partial charge in [-0.05, 0) is 24.8 Å². The second-order valence-electron chi connectivity index (χ2n) is 6.90. The van der Waals surface area contributed by atoms with Gasteiger partial charge < -0.3 is 4.90 Å². The second kappa shape index (κ2) is 7.85. The second-order valence-corrected chi connectivity index (χ2v) is 8.88. The molecule has 0 aliphatic carbocycles. The highest BCUT2D eigenvalue weighted by Crippen LogP contribution is 2.26. The van der Waals surface area contributed by atoms with E-state index in [4.69, 9.17) is 0 Å². The van der Waals surface area contributed by atoms with Crippen molar-refractivity contribution in [1.29, 1.82) is 0 Å². The number of hydrogen-bond donors (Lipinski definition) is 0. The minimum atomic E-state index is -3.17. The monoisotopic (exact) mass is 365 g/mol. The number of amides is 1. The van der Waals surface area contributed by atoms with Crippen LogP contribution in [0.5, 0.6) is 0 Å². The quantitative estimate of drug-likeness (QED) is 0.807. The molecule has 1 amide bonds. The lowest BCUT2D eigenvalue weighted by molar-refractivity contribution is -0.138. The third-order valence-corrected chi connectivity index (χ3v) is 6.43. The number of nitrogens with zero attached hydrogens (tertiary/aromatic N) is 3. The number of likely N-dealkylation sites (tertiary alicyclic amines) is 1. The number of sulfonamides is 1. The molecule has 0 aromatic heterocycles. The van der Waals surface area contributed by atoms with E-state index >= 15 is 0 Å². The summed E-state index contributed by atoms with van der Waals surface area (Å²) in [5.41, 5.74) is 0.992. The molecule has 2 heterocycles. The van der Waals surface area contributed by atoms with Gasteiger partial charge in [0.05, 0.1) is 6.26 Å². The minimum absolute atomic E-state index is 0.152. The number of benzene rings is 1. The van der Waals surface area contributed by atoms with Crippen LogP contribution < -0.4 is 0 Å². The van der Waals surface area contributed by atoms with Gasteiger partial charge in [-0.2, -0.15) is 4.31 Å². The average molecular weight is 365 g/mol. The van der Waals surface area contributed by atoms with Crippen molar-refractivity contribution in [1.82, 2.24) is 14.1 Å². The van der Waals surface area contributed by atoms with E-state index < -0.39 is 10.0 Å². The van der Waals surface area contributed by atoms with E-state index in [9.17, 15) is 13.2 Å². The molecule has 1 aromatic carbocycles. The third-order valence-electron chi connectivity index (χ3n) is 5.12. The Labute approximate surface area is 150 Å². The third kappa shape index (κ3) is 4.40. The predicted octanol–water partition coefficient (Wildman–Crippen LogP) is 1.32. The smallest absolute Gasteiger partial charge is 0.244 e. The number of rotatable bonds is 4. The van der Waals surface area contributed by atoms with Crippen LogP contribution in [0.3, 0.4) is 0 Å². The van der Waals surface area contributed by atoms with E-state index in [0.29, 0.717) is 26.2 Å². The first kappa shape index (κ1) is 18.4. The topological polar surface area (TPSA) is 60.9 Å². The van der Waals surface area contributed by atoms with Crippen LogP contribution in [-0.2, 0) is 14.8 Å². The van der Waals surface area contributed by atoms with Crippen LogP contribution in [0.1, 0.15) is 30.9 Å². The van der Waals surface area contributed by atoms with Gasteiger partial charge in [-0.1, -0.05) is 30.3 Å². The molecule has 7 heteroatoms. The first-order chi connectivity index (χ1) is 12.0. The SMILES string of the molecule is CS(=O)(=O)N1CCN(C(C(=O)N2CCCCC2)c2ccccc2)CC1. The zero-order valence-electron chi connectivity index (χ0n) is 14.8. The van der Waals surface area contributed by atoms with Gasteiger partial charge in [-0.25, -0.2) is 8.42 Å². The maximum Gasteiger partial charge on any atom is 0.244 e. The molecule has 1 atom stereocenters. The summed E-state index contributed by atoms with van der Waals surface area (Å²) in [6.07, 6.45) is 4.56. The molecule has 2 fully saturated rings. The molecule has 6 nitrogen and oxygen atoms in total. The van der Waals surface area contributed by atoms with E-state index in [1.54, 1.807) is 0 Å². The molecule has 1 unspecified atom stereocenters. The Balaban J connectivity index is 1.79. The predicted molar refractivity (Wildman–Crippen MR) is 97.6 cm³/mol. The highest BCUT2D eigenvalue weighted by atomic mass is 32.2. The molecular weight excluding hydrogens is 338 g/mol. The Morgan fingerprint density at radius 1 is 0.920 bits per heavy atom. The van der Waals surface area contributed by atoms with E-state index in [-0.39, 0.29) is 11.9 Å². The lowest BCUT2D eigenvalue weighted by Crippen LogP contribution is -2.53. The summed E-state index contributed by atoms with van der Waals surface area (Å²) in [4.78, 5) is 17.3. The summed E-state index contributed by atoms with van der Waals surface area (Å²) in [7, 11) is -3.17. The van der Waals surface area contributed by atoms with E-state index in [1.165, 1.54) is 17.0 Å². The Morgan fingerprint density at radius 3 is 2.08 bits per heavy atom. The van der Waals surface area contributed by atoms with Crippen molar-refractivity contribution in [3.05, 3.63) is 35.9 Å². The first-order valence-electron chi connectivity index (χ1n) is 9.00. The largest absolute Gasteiger partial charge is 0.341 e. The van der Waals surface area contributed by atoms with Crippen molar-refractivity contribution in [3.8, 4) is 0 Å². The van der Waals surface area contributed by atoms with Gasteiger partial charge in [-0.3, -0.25) is 9.69 Å². The molecule has 2 aliphatic heterocycles. The Kier molecular flexibility index (Phi) is 5.76. The van der Waals surface area contributed by atoms with Crippen molar-refractivity contribution in [2.45, 2.75) is 25.3 Å². The summed E-state index contributed by atoms with van der Waals surface area (Å²) in [5, 5.41) is 0. The van der Waals surface area contributed by atoms with Crippen molar-refractivity contribution in [2.75, 3.05) is 45.5 Å². The zero-order valence-corrected chi connectivity index (χ0v) is 15.6. The van der Waals surface area contributed by atoms with E-state index in [0.717, 1.165) is 31.5 Å². The van der Waals surface area contributed by atoms with Gasteiger partial charge in [0.25, 0.3) is 0 Å². The van der Waals surface area contributed by atoms with Crippen molar-refractivity contribution >= 4 is 15.9 Å². The summed E-state index contributed by atoms with van der Waals surface area (Å²) in [5.74, 6) is 0.152. The molecule has 3 rings (SSSR count). The van der Waals surface area contributed by atoms with Gasteiger partial charge in [0.2, 0.25) is 15.9 Å². The Hall–Kier alpha value is -1.44. The minimum Gasteiger partial charge on any atom is -0.341 e. The number of piperidine rings is 1. The van der Waals surface area contributed by atoms with Gasteiger partial charge in [0, 0.05) is 39.3 Å². The van der Waals surface area contributed by atoms with Crippen molar-refractivity contribution in [2.24, 2.45) is 0 Å². The van der Waals surface area contributed by atoms with Gasteiger partial charge >= 0.3 is 0 Å². The maximum atomic E-state index is 13.2. The number of carbonyl (C=O) groups is 1. The van der Waals surface area contributed by atoms with Gasteiger partial charge in [0.1, 0.15) is 6.04 Å². The first-order valence-corrected chi connectivity index (χ1v) is 10.8. The molecule has 25 heavy (non-hydrogen) atoms. The average Bonchev–Trinajstić information content (AvgIpc) is 2.63. The molecule has 2 aliphatic rings. The van der Waals surface area contributed by atoms with Crippen molar-refractivity contribution < 1.29 is 13.2 Å². The summed E-state index contributed by atoms with van der Waals surface area (Å²) in [6.45, 7) is 3.68.